The summed E-state index contributed by atoms with van der Waals surface area (Å²) in [5.74, 6) is 1.38. The smallest absolute Gasteiger partial charge is 0.166 e. The first-order chi connectivity index (χ1) is 19.2. The van der Waals surface area contributed by atoms with Crippen molar-refractivity contribution >= 4 is 21.9 Å². The largest absolute Gasteiger partial charge is 0.336 e. The number of nitrogens with one attached hydrogen (secondary N) is 2. The summed E-state index contributed by atoms with van der Waals surface area (Å²) in [4.78, 5) is 26.4. The number of hydrogen-bond donors (Lipinski definition) is 2. The van der Waals surface area contributed by atoms with Crippen molar-refractivity contribution in [3.63, 3.8) is 0 Å². The maximum atomic E-state index is 4.88. The quantitative estimate of drug-likeness (QED) is 0.287. The van der Waals surface area contributed by atoms with Gasteiger partial charge in [0.15, 0.2) is 11.6 Å². The molecule has 6 heterocycles. The summed E-state index contributed by atoms with van der Waals surface area (Å²) < 4.78 is 1.88. The van der Waals surface area contributed by atoms with Crippen molar-refractivity contribution in [2.24, 2.45) is 0 Å². The number of benzene rings is 1. The third kappa shape index (κ3) is 4.44. The van der Waals surface area contributed by atoms with E-state index in [1.807, 2.05) is 48.4 Å². The van der Waals surface area contributed by atoms with Gasteiger partial charge in [-0.05, 0) is 55.5 Å². The molecular weight excluding hydrogens is 486 g/mol. The third-order valence-corrected chi connectivity index (χ3v) is 6.87. The van der Waals surface area contributed by atoms with E-state index in [1.54, 1.807) is 12.5 Å². The second-order valence-corrected chi connectivity index (χ2v) is 9.65. The molecular formula is C30H25N9. The molecule has 0 radical (unpaired) electrons. The molecule has 0 saturated heterocycles. The zero-order chi connectivity index (χ0) is 26.2. The summed E-state index contributed by atoms with van der Waals surface area (Å²) in [7, 11) is 0. The first kappa shape index (κ1) is 23.0. The minimum Gasteiger partial charge on any atom is -0.336 e. The van der Waals surface area contributed by atoms with E-state index in [4.69, 9.17) is 4.98 Å². The van der Waals surface area contributed by atoms with Crippen LogP contribution in [-0.4, -0.2) is 44.7 Å². The van der Waals surface area contributed by atoms with Crippen molar-refractivity contribution in [2.75, 3.05) is 0 Å². The van der Waals surface area contributed by atoms with Crippen LogP contribution in [0.3, 0.4) is 0 Å². The molecule has 0 unspecified atom stereocenters. The Morgan fingerprint density at radius 1 is 0.872 bits per heavy atom. The number of aromatic amines is 2. The van der Waals surface area contributed by atoms with E-state index in [2.05, 4.69) is 71.5 Å². The lowest BCUT2D eigenvalue weighted by molar-refractivity contribution is 0.817. The molecule has 7 rings (SSSR count). The van der Waals surface area contributed by atoms with Gasteiger partial charge < -0.3 is 4.98 Å². The van der Waals surface area contributed by atoms with Crippen molar-refractivity contribution in [3.05, 3.63) is 103 Å². The van der Waals surface area contributed by atoms with E-state index in [-0.39, 0.29) is 0 Å². The number of fused-ring (bicyclic) bond motifs is 2. The lowest BCUT2D eigenvalue weighted by atomic mass is 10.0. The molecule has 0 saturated carbocycles. The van der Waals surface area contributed by atoms with Crippen LogP contribution in [-0.2, 0) is 12.8 Å². The summed E-state index contributed by atoms with van der Waals surface area (Å²) in [6, 6.07) is 16.7. The Hall–Kier alpha value is -5.18. The molecule has 7 aromatic rings. The highest BCUT2D eigenvalue weighted by Crippen LogP contribution is 2.30. The Labute approximate surface area is 224 Å². The fraction of sp³-hybridized carbons (Fsp3) is 0.133. The van der Waals surface area contributed by atoms with Crippen LogP contribution >= 0.6 is 0 Å². The number of hydrogen-bond acceptors (Lipinski definition) is 6. The monoisotopic (exact) mass is 511 g/mol. The average Bonchev–Trinajstić information content (AvgIpc) is 3.71. The van der Waals surface area contributed by atoms with Crippen LogP contribution in [0.2, 0.25) is 0 Å². The molecule has 0 fully saturated rings. The van der Waals surface area contributed by atoms with Crippen molar-refractivity contribution in [1.82, 2.24) is 44.7 Å². The molecule has 1 aromatic carbocycles. The van der Waals surface area contributed by atoms with Gasteiger partial charge in [0.25, 0.3) is 0 Å². The minimum atomic E-state index is 0.660. The predicted molar refractivity (Wildman–Crippen MR) is 150 cm³/mol. The Kier molecular flexibility index (Phi) is 5.66. The van der Waals surface area contributed by atoms with E-state index in [0.717, 1.165) is 63.8 Å². The molecule has 190 valence electrons. The van der Waals surface area contributed by atoms with Crippen LogP contribution in [0.5, 0.6) is 0 Å². The van der Waals surface area contributed by atoms with Gasteiger partial charge in [0.05, 0.1) is 28.6 Å². The van der Waals surface area contributed by atoms with Crippen LogP contribution in [0.4, 0.5) is 0 Å². The third-order valence-electron chi connectivity index (χ3n) is 6.87. The lowest BCUT2D eigenvalue weighted by Gasteiger charge is -2.06. The van der Waals surface area contributed by atoms with E-state index in [0.29, 0.717) is 11.6 Å². The van der Waals surface area contributed by atoms with Crippen molar-refractivity contribution < 1.29 is 0 Å². The molecule has 9 nitrogen and oxygen atoms in total. The molecule has 39 heavy (non-hydrogen) atoms. The molecule has 0 aliphatic carbocycles. The van der Waals surface area contributed by atoms with Gasteiger partial charge in [-0.25, -0.2) is 15.0 Å². The highest BCUT2D eigenvalue weighted by Gasteiger charge is 2.17. The lowest BCUT2D eigenvalue weighted by Crippen LogP contribution is -1.95. The molecule has 0 amide bonds. The molecule has 0 spiro atoms. The summed E-state index contributed by atoms with van der Waals surface area (Å²) in [5.41, 5.74) is 8.48. The molecule has 9 heteroatoms. The van der Waals surface area contributed by atoms with Crippen LogP contribution in [0.25, 0.3) is 50.5 Å². The summed E-state index contributed by atoms with van der Waals surface area (Å²) in [6.07, 6.45) is 14.1. The number of pyridine rings is 3. The maximum Gasteiger partial charge on any atom is 0.166 e. The van der Waals surface area contributed by atoms with Crippen LogP contribution < -0.4 is 0 Å². The highest BCUT2D eigenvalue weighted by atomic mass is 15.2. The average molecular weight is 512 g/mol. The van der Waals surface area contributed by atoms with Gasteiger partial charge in [0, 0.05) is 35.7 Å². The molecule has 0 aliphatic rings. The summed E-state index contributed by atoms with van der Waals surface area (Å²) in [5, 5.41) is 8.60. The number of nitrogens with zero attached hydrogens (tertiary/aromatic N) is 7. The van der Waals surface area contributed by atoms with Gasteiger partial charge in [-0.2, -0.15) is 5.10 Å². The Balaban J connectivity index is 1.20. The Morgan fingerprint density at radius 2 is 1.77 bits per heavy atom. The normalized spacial score (nSPS) is 11.5. The maximum absolute atomic E-state index is 4.88. The molecule has 0 aliphatic heterocycles. The highest BCUT2D eigenvalue weighted by molar-refractivity contribution is 5.95. The van der Waals surface area contributed by atoms with E-state index in [9.17, 15) is 0 Å². The van der Waals surface area contributed by atoms with Gasteiger partial charge in [-0.3, -0.25) is 19.6 Å². The number of H-pyrrole nitrogens is 2. The SMILES string of the molecule is Cc1cn(-c2nccc3[nH]c(-c4n[nH]c5cnc(-c6cncc(CCCc7ccccc7)c6)cc45)nc23)cn1. The van der Waals surface area contributed by atoms with Crippen molar-refractivity contribution in [1.29, 1.82) is 0 Å². The van der Waals surface area contributed by atoms with Crippen LogP contribution in [0.15, 0.2) is 85.8 Å². The number of imidazole rings is 2. The van der Waals surface area contributed by atoms with Gasteiger partial charge >= 0.3 is 0 Å². The van der Waals surface area contributed by atoms with Crippen molar-refractivity contribution in [3.8, 4) is 28.6 Å². The van der Waals surface area contributed by atoms with Crippen molar-refractivity contribution in [2.45, 2.75) is 26.2 Å². The van der Waals surface area contributed by atoms with Gasteiger partial charge in [-0.15, -0.1) is 0 Å². The molecule has 2 N–H and O–H groups in total. The first-order valence-corrected chi connectivity index (χ1v) is 12.9. The number of rotatable bonds is 7. The standard InChI is InChI=1S/C30H25N9/c1-19-17-39(18-34-19)30-28-24(10-11-32-30)35-29(36-28)27-23-13-25(33-16-26(23)37-38-27)22-12-21(14-31-15-22)9-5-8-20-6-3-2-4-7-20/h2-4,6-7,10-18H,5,8-9H2,1H3,(H,35,36)(H,37,38). The van der Waals surface area contributed by atoms with Gasteiger partial charge in [0.2, 0.25) is 0 Å². The molecule has 0 atom stereocenters. The zero-order valence-corrected chi connectivity index (χ0v) is 21.3. The second kappa shape index (κ2) is 9.60. The molecule has 0 bridgehead atoms. The first-order valence-electron chi connectivity index (χ1n) is 12.9. The number of aryl methyl sites for hydroxylation is 3. The van der Waals surface area contributed by atoms with Crippen LogP contribution in [0.1, 0.15) is 23.2 Å². The minimum absolute atomic E-state index is 0.660. The number of aromatic nitrogens is 9. The zero-order valence-electron chi connectivity index (χ0n) is 21.3. The summed E-state index contributed by atoms with van der Waals surface area (Å²) in [6.45, 7) is 1.95. The second-order valence-electron chi connectivity index (χ2n) is 9.65. The fourth-order valence-corrected chi connectivity index (χ4v) is 4.92. The van der Waals surface area contributed by atoms with E-state index < -0.39 is 0 Å². The van der Waals surface area contributed by atoms with Gasteiger partial charge in [0.1, 0.15) is 17.5 Å². The van der Waals surface area contributed by atoms with E-state index >= 15 is 0 Å². The predicted octanol–water partition coefficient (Wildman–Crippen LogP) is 5.63. The van der Waals surface area contributed by atoms with Gasteiger partial charge in [-0.1, -0.05) is 30.3 Å². The molecule has 6 aromatic heterocycles. The Bertz CT molecular complexity index is 1910. The fourth-order valence-electron chi connectivity index (χ4n) is 4.92. The van der Waals surface area contributed by atoms with Crippen LogP contribution in [0, 0.1) is 6.92 Å². The topological polar surface area (TPSA) is 114 Å². The Morgan fingerprint density at radius 3 is 2.64 bits per heavy atom. The van der Waals surface area contributed by atoms with E-state index in [1.165, 1.54) is 11.1 Å². The summed E-state index contributed by atoms with van der Waals surface area (Å²) >= 11 is 0.